The number of nitrogens with one attached hydrogen (secondary N) is 2. The van der Waals surface area contributed by atoms with Crippen LogP contribution in [0.1, 0.15) is 6.42 Å². The lowest BCUT2D eigenvalue weighted by molar-refractivity contribution is 0.251. The second kappa shape index (κ2) is 10.4. The van der Waals surface area contributed by atoms with Crippen molar-refractivity contribution in [2.45, 2.75) is 13.0 Å². The maximum absolute atomic E-state index is 13.4. The van der Waals surface area contributed by atoms with Gasteiger partial charge in [0.05, 0.1) is 24.9 Å². The number of carbonyl (C=O) groups excluding carboxylic acids is 1. The molecule has 0 saturated heterocycles. The number of pyridine rings is 1. The van der Waals surface area contributed by atoms with Crippen LogP contribution in [0.15, 0.2) is 54.7 Å². The highest BCUT2D eigenvalue weighted by Crippen LogP contribution is 2.35. The molecule has 0 bridgehead atoms. The van der Waals surface area contributed by atoms with Gasteiger partial charge in [-0.15, -0.1) is 0 Å². The number of hydrogen-bond acceptors (Lipinski definition) is 5. The minimum atomic E-state index is -0.396. The molecule has 0 aliphatic heterocycles. The number of imidazole rings is 1. The first-order valence-corrected chi connectivity index (χ1v) is 10.9. The largest absolute Gasteiger partial charge is 0.495 e. The number of ether oxygens (including phenoxy) is 2. The number of anilines is 1. The third-order valence-electron chi connectivity index (χ3n) is 5.17. The van der Waals surface area contributed by atoms with E-state index in [0.717, 1.165) is 16.7 Å². The summed E-state index contributed by atoms with van der Waals surface area (Å²) in [6.45, 7) is 0.950. The Morgan fingerprint density at radius 2 is 1.88 bits per heavy atom. The van der Waals surface area contributed by atoms with Crippen molar-refractivity contribution in [3.8, 4) is 22.9 Å². The van der Waals surface area contributed by atoms with E-state index >= 15 is 0 Å². The Morgan fingerprint density at radius 3 is 2.62 bits per heavy atom. The van der Waals surface area contributed by atoms with Crippen LogP contribution in [-0.2, 0) is 6.54 Å². The van der Waals surface area contributed by atoms with Gasteiger partial charge in [-0.25, -0.2) is 19.2 Å². The Hall–Kier alpha value is -3.85. The number of carbonyl (C=O) groups is 1. The fourth-order valence-electron chi connectivity index (χ4n) is 3.55. The number of amides is 2. The standard InChI is InChI=1S/C24H23ClFN5O3/c1-33-20-14-21(34-2)19(13-17(20)25)30-24(32)28-11-4-12-31-22(15-6-8-16(26)9-7-15)29-18-5-3-10-27-23(18)31/h3,5-10,13-14H,4,11-12H2,1-2H3,(H2,28,30,32). The van der Waals surface area contributed by atoms with E-state index < -0.39 is 6.03 Å². The third kappa shape index (κ3) is 5.04. The number of methoxy groups -OCH3 is 2. The summed E-state index contributed by atoms with van der Waals surface area (Å²) in [6.07, 6.45) is 2.32. The predicted octanol–water partition coefficient (Wildman–Crippen LogP) is 5.12. The number of benzene rings is 2. The first kappa shape index (κ1) is 23.3. The van der Waals surface area contributed by atoms with Crippen molar-refractivity contribution in [3.63, 3.8) is 0 Å². The van der Waals surface area contributed by atoms with Crippen molar-refractivity contribution in [2.24, 2.45) is 0 Å². The Labute approximate surface area is 200 Å². The van der Waals surface area contributed by atoms with Gasteiger partial charge in [0.2, 0.25) is 0 Å². The minimum Gasteiger partial charge on any atom is -0.495 e. The fraction of sp³-hybridized carbons (Fsp3) is 0.208. The van der Waals surface area contributed by atoms with Gasteiger partial charge in [0.25, 0.3) is 0 Å². The van der Waals surface area contributed by atoms with Gasteiger partial charge in [-0.1, -0.05) is 11.6 Å². The van der Waals surface area contributed by atoms with Crippen molar-refractivity contribution in [1.29, 1.82) is 0 Å². The van der Waals surface area contributed by atoms with Crippen LogP contribution in [0, 0.1) is 5.82 Å². The molecule has 176 valence electrons. The highest BCUT2D eigenvalue weighted by atomic mass is 35.5. The zero-order valence-electron chi connectivity index (χ0n) is 18.6. The molecular formula is C24H23ClFN5O3. The summed E-state index contributed by atoms with van der Waals surface area (Å²) in [5.41, 5.74) is 2.68. The van der Waals surface area contributed by atoms with Crippen LogP contribution in [0.2, 0.25) is 5.02 Å². The fourth-order valence-corrected chi connectivity index (χ4v) is 3.79. The Balaban J connectivity index is 1.42. The second-order valence-electron chi connectivity index (χ2n) is 7.36. The number of halogens is 2. The van der Waals surface area contributed by atoms with Crippen LogP contribution in [0.5, 0.6) is 11.5 Å². The average Bonchev–Trinajstić information content (AvgIpc) is 3.21. The topological polar surface area (TPSA) is 90.3 Å². The number of urea groups is 1. The summed E-state index contributed by atoms with van der Waals surface area (Å²) in [7, 11) is 2.99. The lowest BCUT2D eigenvalue weighted by atomic mass is 10.2. The molecule has 0 spiro atoms. The molecule has 4 aromatic rings. The van der Waals surface area contributed by atoms with Gasteiger partial charge in [0.1, 0.15) is 28.7 Å². The van der Waals surface area contributed by atoms with Crippen molar-refractivity contribution >= 4 is 34.5 Å². The number of hydrogen-bond donors (Lipinski definition) is 2. The Morgan fingerprint density at radius 1 is 1.12 bits per heavy atom. The molecule has 8 nitrogen and oxygen atoms in total. The molecule has 0 aliphatic rings. The van der Waals surface area contributed by atoms with Crippen molar-refractivity contribution in [2.75, 3.05) is 26.1 Å². The monoisotopic (exact) mass is 483 g/mol. The molecule has 2 aromatic heterocycles. The van der Waals surface area contributed by atoms with E-state index in [0.29, 0.717) is 47.5 Å². The number of fused-ring (bicyclic) bond motifs is 1. The zero-order chi connectivity index (χ0) is 24.1. The molecule has 0 aliphatic carbocycles. The van der Waals surface area contributed by atoms with Crippen molar-refractivity contribution in [1.82, 2.24) is 19.9 Å². The smallest absolute Gasteiger partial charge is 0.319 e. The second-order valence-corrected chi connectivity index (χ2v) is 7.77. The summed E-state index contributed by atoms with van der Waals surface area (Å²) in [4.78, 5) is 21.5. The molecule has 10 heteroatoms. The molecule has 0 unspecified atom stereocenters. The van der Waals surface area contributed by atoms with Gasteiger partial charge in [-0.3, -0.25) is 0 Å². The molecule has 2 aromatic carbocycles. The van der Waals surface area contributed by atoms with E-state index in [2.05, 4.69) is 20.6 Å². The van der Waals surface area contributed by atoms with E-state index in [9.17, 15) is 9.18 Å². The quantitative estimate of drug-likeness (QED) is 0.339. The molecule has 0 fully saturated rings. The number of aryl methyl sites for hydroxylation is 1. The first-order chi connectivity index (χ1) is 16.5. The van der Waals surface area contributed by atoms with E-state index in [-0.39, 0.29) is 5.82 Å². The summed E-state index contributed by atoms with van der Waals surface area (Å²) >= 11 is 6.16. The van der Waals surface area contributed by atoms with Crippen LogP contribution >= 0.6 is 11.6 Å². The molecule has 2 N–H and O–H groups in total. The van der Waals surface area contributed by atoms with E-state index in [1.54, 1.807) is 30.5 Å². The molecule has 2 heterocycles. The molecule has 0 saturated carbocycles. The van der Waals surface area contributed by atoms with E-state index in [1.807, 2.05) is 16.7 Å². The van der Waals surface area contributed by atoms with Crippen molar-refractivity contribution in [3.05, 3.63) is 65.6 Å². The van der Waals surface area contributed by atoms with Crippen LogP contribution in [0.4, 0.5) is 14.9 Å². The van der Waals surface area contributed by atoms with Gasteiger partial charge in [0.15, 0.2) is 5.65 Å². The lowest BCUT2D eigenvalue weighted by Gasteiger charge is -2.14. The van der Waals surface area contributed by atoms with Crippen LogP contribution < -0.4 is 20.1 Å². The highest BCUT2D eigenvalue weighted by molar-refractivity contribution is 6.32. The summed E-state index contributed by atoms with van der Waals surface area (Å²) < 4.78 is 25.8. The SMILES string of the molecule is COc1cc(OC)c(NC(=O)NCCCn2c(-c3ccc(F)cc3)nc3cccnc32)cc1Cl. The van der Waals surface area contributed by atoms with Crippen LogP contribution in [0.25, 0.3) is 22.6 Å². The van der Waals surface area contributed by atoms with E-state index in [4.69, 9.17) is 21.1 Å². The maximum atomic E-state index is 13.4. The highest BCUT2D eigenvalue weighted by Gasteiger charge is 2.15. The Kier molecular flexibility index (Phi) is 7.12. The third-order valence-corrected chi connectivity index (χ3v) is 5.47. The molecule has 0 atom stereocenters. The minimum absolute atomic E-state index is 0.311. The Bertz CT molecular complexity index is 1310. The molecule has 34 heavy (non-hydrogen) atoms. The first-order valence-electron chi connectivity index (χ1n) is 10.5. The normalized spacial score (nSPS) is 10.8. The zero-order valence-corrected chi connectivity index (χ0v) is 19.4. The number of aromatic nitrogens is 3. The maximum Gasteiger partial charge on any atom is 0.319 e. The summed E-state index contributed by atoms with van der Waals surface area (Å²) in [5.74, 6) is 1.25. The molecule has 2 amide bonds. The van der Waals surface area contributed by atoms with Gasteiger partial charge in [-0.05, 0) is 48.9 Å². The number of rotatable bonds is 8. The van der Waals surface area contributed by atoms with Gasteiger partial charge in [-0.2, -0.15) is 0 Å². The molecule has 0 radical (unpaired) electrons. The molecule has 4 rings (SSSR count). The van der Waals surface area contributed by atoms with Crippen LogP contribution in [0.3, 0.4) is 0 Å². The number of nitrogens with zero attached hydrogens (tertiary/aromatic N) is 3. The molecular weight excluding hydrogens is 461 g/mol. The summed E-state index contributed by atoms with van der Waals surface area (Å²) in [5, 5.41) is 5.91. The van der Waals surface area contributed by atoms with Gasteiger partial charge >= 0.3 is 6.03 Å². The predicted molar refractivity (Wildman–Crippen MR) is 129 cm³/mol. The van der Waals surface area contributed by atoms with Gasteiger partial charge < -0.3 is 24.7 Å². The lowest BCUT2D eigenvalue weighted by Crippen LogP contribution is -2.30. The average molecular weight is 484 g/mol. The summed E-state index contributed by atoms with van der Waals surface area (Å²) in [6, 6.07) is 12.6. The van der Waals surface area contributed by atoms with Crippen molar-refractivity contribution < 1.29 is 18.7 Å². The van der Waals surface area contributed by atoms with E-state index in [1.165, 1.54) is 26.4 Å². The van der Waals surface area contributed by atoms with Crippen LogP contribution in [-0.4, -0.2) is 41.3 Å². The van der Waals surface area contributed by atoms with Gasteiger partial charge in [0, 0.05) is 30.9 Å².